The van der Waals surface area contributed by atoms with Crippen molar-refractivity contribution in [3.8, 4) is 5.75 Å². The van der Waals surface area contributed by atoms with Crippen molar-refractivity contribution in [2.24, 2.45) is 4.99 Å². The van der Waals surface area contributed by atoms with E-state index in [1.807, 2.05) is 30.3 Å². The molecule has 1 aromatic rings. The second-order valence-electron chi connectivity index (χ2n) is 6.24. The molecule has 0 amide bonds. The third kappa shape index (κ3) is 10.4. The van der Waals surface area contributed by atoms with E-state index >= 15 is 0 Å². The molecule has 8 nitrogen and oxygen atoms in total. The second-order valence-corrected chi connectivity index (χ2v) is 8.17. The maximum atomic E-state index is 12.1. The van der Waals surface area contributed by atoms with E-state index in [1.54, 1.807) is 7.05 Å². The molecule has 0 spiro atoms. The number of hydrogen-bond donors (Lipinski definition) is 3. The molecule has 1 aromatic carbocycles. The van der Waals surface area contributed by atoms with E-state index in [9.17, 15) is 8.42 Å². The number of nitrogens with one attached hydrogen (secondary N) is 3. The largest absolute Gasteiger partial charge is 0.492 e. The van der Waals surface area contributed by atoms with Crippen molar-refractivity contribution < 1.29 is 17.9 Å². The quantitative estimate of drug-likeness (QED) is 0.184. The highest BCUT2D eigenvalue weighted by Gasteiger charge is 2.17. The summed E-state index contributed by atoms with van der Waals surface area (Å²) in [6.45, 7) is 2.35. The molecule has 2 rings (SSSR count). The van der Waals surface area contributed by atoms with Crippen LogP contribution in [0.5, 0.6) is 5.75 Å². The van der Waals surface area contributed by atoms with E-state index in [2.05, 4.69) is 20.3 Å². The van der Waals surface area contributed by atoms with Crippen molar-refractivity contribution in [1.29, 1.82) is 0 Å². The Morgan fingerprint density at radius 1 is 1.21 bits per heavy atom. The molecule has 160 valence electrons. The molecule has 10 heteroatoms. The summed E-state index contributed by atoms with van der Waals surface area (Å²) in [4.78, 5) is 4.08. The van der Waals surface area contributed by atoms with Crippen LogP contribution in [0.3, 0.4) is 0 Å². The van der Waals surface area contributed by atoms with Gasteiger partial charge in [0.05, 0.1) is 18.4 Å². The Labute approximate surface area is 184 Å². The maximum Gasteiger partial charge on any atom is 0.213 e. The highest BCUT2D eigenvalue weighted by Crippen LogP contribution is 2.11. The Bertz CT molecular complexity index is 667. The van der Waals surface area contributed by atoms with Crippen LogP contribution in [-0.2, 0) is 14.8 Å². The van der Waals surface area contributed by atoms with Crippen molar-refractivity contribution in [2.75, 3.05) is 45.6 Å². The Kier molecular flexibility index (Phi) is 12.4. The first-order valence-corrected chi connectivity index (χ1v) is 11.0. The van der Waals surface area contributed by atoms with Gasteiger partial charge >= 0.3 is 0 Å². The smallest absolute Gasteiger partial charge is 0.213 e. The molecule has 3 N–H and O–H groups in total. The third-order valence-electron chi connectivity index (χ3n) is 4.10. The predicted octanol–water partition coefficient (Wildman–Crippen LogP) is 1.34. The van der Waals surface area contributed by atoms with Gasteiger partial charge in [-0.25, -0.2) is 13.1 Å². The van der Waals surface area contributed by atoms with Crippen molar-refractivity contribution >= 4 is 40.0 Å². The van der Waals surface area contributed by atoms with E-state index in [1.165, 1.54) is 0 Å². The molecule has 0 saturated carbocycles. The lowest BCUT2D eigenvalue weighted by molar-refractivity contribution is 0.0200. The van der Waals surface area contributed by atoms with Crippen LogP contribution in [0.1, 0.15) is 19.3 Å². The average molecular weight is 526 g/mol. The molecule has 0 aliphatic carbocycles. The minimum Gasteiger partial charge on any atom is -0.492 e. The fourth-order valence-electron chi connectivity index (χ4n) is 2.64. The van der Waals surface area contributed by atoms with Crippen molar-refractivity contribution in [1.82, 2.24) is 15.4 Å². The SMILES string of the molecule is CN=C(NCCOc1ccccc1)NCCS(=O)(=O)NCC1CCCCO1.I. The summed E-state index contributed by atoms with van der Waals surface area (Å²) in [6.07, 6.45) is 3.03. The van der Waals surface area contributed by atoms with Gasteiger partial charge in [0.15, 0.2) is 5.96 Å². The highest BCUT2D eigenvalue weighted by atomic mass is 127. The summed E-state index contributed by atoms with van der Waals surface area (Å²) in [5, 5.41) is 6.08. The van der Waals surface area contributed by atoms with E-state index < -0.39 is 10.0 Å². The summed E-state index contributed by atoms with van der Waals surface area (Å²) in [7, 11) is -1.71. The fraction of sp³-hybridized carbons (Fsp3) is 0.611. The number of aliphatic imine (C=N–C) groups is 1. The normalized spacial score (nSPS) is 17.5. The lowest BCUT2D eigenvalue weighted by atomic mass is 10.1. The summed E-state index contributed by atoms with van der Waals surface area (Å²) in [5.41, 5.74) is 0. The summed E-state index contributed by atoms with van der Waals surface area (Å²) in [5.74, 6) is 1.32. The molecule has 1 aliphatic rings. The third-order valence-corrected chi connectivity index (χ3v) is 5.45. The van der Waals surface area contributed by atoms with Gasteiger partial charge in [0.2, 0.25) is 10.0 Å². The van der Waals surface area contributed by atoms with E-state index in [0.717, 1.165) is 25.0 Å². The Hall–Kier alpha value is -1.11. The molecular weight excluding hydrogens is 495 g/mol. The number of nitrogens with zero attached hydrogens (tertiary/aromatic N) is 1. The topological polar surface area (TPSA) is 101 Å². The molecule has 1 aliphatic heterocycles. The van der Waals surface area contributed by atoms with Crippen LogP contribution < -0.4 is 20.1 Å². The second kappa shape index (κ2) is 14.0. The molecular formula is C18H31IN4O4S. The first kappa shape index (κ1) is 24.9. The molecule has 1 atom stereocenters. The predicted molar refractivity (Wildman–Crippen MR) is 122 cm³/mol. The lowest BCUT2D eigenvalue weighted by Crippen LogP contribution is -2.43. The molecule has 1 saturated heterocycles. The zero-order chi connectivity index (χ0) is 19.4. The number of hydrogen-bond acceptors (Lipinski definition) is 5. The number of halogens is 1. The van der Waals surface area contributed by atoms with Gasteiger partial charge in [-0.05, 0) is 31.4 Å². The van der Waals surface area contributed by atoms with Gasteiger partial charge in [0.25, 0.3) is 0 Å². The van der Waals surface area contributed by atoms with E-state index in [0.29, 0.717) is 32.3 Å². The van der Waals surface area contributed by atoms with Gasteiger partial charge in [0.1, 0.15) is 12.4 Å². The van der Waals surface area contributed by atoms with Crippen LogP contribution in [-0.4, -0.2) is 66.1 Å². The summed E-state index contributed by atoms with van der Waals surface area (Å²) in [6, 6.07) is 9.55. The number of sulfonamides is 1. The average Bonchev–Trinajstić information content (AvgIpc) is 2.70. The van der Waals surface area contributed by atoms with Crippen LogP contribution in [0.15, 0.2) is 35.3 Å². The fourth-order valence-corrected chi connectivity index (χ4v) is 3.59. The molecule has 1 heterocycles. The monoisotopic (exact) mass is 526 g/mol. The zero-order valence-electron chi connectivity index (χ0n) is 16.2. The Morgan fingerprint density at radius 3 is 2.64 bits per heavy atom. The number of benzene rings is 1. The van der Waals surface area contributed by atoms with Gasteiger partial charge < -0.3 is 20.1 Å². The molecule has 28 heavy (non-hydrogen) atoms. The number of ether oxygens (including phenoxy) is 2. The van der Waals surface area contributed by atoms with Gasteiger partial charge in [-0.15, -0.1) is 24.0 Å². The van der Waals surface area contributed by atoms with Crippen LogP contribution in [0.4, 0.5) is 0 Å². The zero-order valence-corrected chi connectivity index (χ0v) is 19.4. The first-order valence-electron chi connectivity index (χ1n) is 9.30. The maximum absolute atomic E-state index is 12.1. The molecule has 0 bridgehead atoms. The van der Waals surface area contributed by atoms with Gasteiger partial charge in [-0.1, -0.05) is 18.2 Å². The number of para-hydroxylation sites is 1. The van der Waals surface area contributed by atoms with Crippen LogP contribution in [0.25, 0.3) is 0 Å². The van der Waals surface area contributed by atoms with E-state index in [4.69, 9.17) is 9.47 Å². The van der Waals surface area contributed by atoms with Crippen molar-refractivity contribution in [2.45, 2.75) is 25.4 Å². The van der Waals surface area contributed by atoms with Gasteiger partial charge in [-0.2, -0.15) is 0 Å². The highest BCUT2D eigenvalue weighted by molar-refractivity contribution is 14.0. The summed E-state index contributed by atoms with van der Waals surface area (Å²) >= 11 is 0. The minimum absolute atomic E-state index is 0. The van der Waals surface area contributed by atoms with Crippen LogP contribution in [0.2, 0.25) is 0 Å². The van der Waals surface area contributed by atoms with E-state index in [-0.39, 0.29) is 42.4 Å². The van der Waals surface area contributed by atoms with Crippen LogP contribution >= 0.6 is 24.0 Å². The molecule has 0 aromatic heterocycles. The Balaban J connectivity index is 0.00000392. The van der Waals surface area contributed by atoms with Crippen molar-refractivity contribution in [3.05, 3.63) is 30.3 Å². The number of guanidine groups is 1. The molecule has 1 unspecified atom stereocenters. The van der Waals surface area contributed by atoms with Gasteiger partial charge in [-0.3, -0.25) is 4.99 Å². The first-order chi connectivity index (χ1) is 13.1. The summed E-state index contributed by atoms with van der Waals surface area (Å²) < 4.78 is 37.9. The Morgan fingerprint density at radius 2 is 1.96 bits per heavy atom. The molecule has 0 radical (unpaired) electrons. The molecule has 1 fully saturated rings. The minimum atomic E-state index is -3.35. The van der Waals surface area contributed by atoms with Gasteiger partial charge in [0, 0.05) is 26.7 Å². The lowest BCUT2D eigenvalue weighted by Gasteiger charge is -2.22. The van der Waals surface area contributed by atoms with Crippen LogP contribution in [0, 0.1) is 0 Å². The number of rotatable bonds is 10. The standard InChI is InChI=1S/C18H30N4O4S.HI/c1-19-18(20-10-13-26-16-7-3-2-4-8-16)21-11-14-27(23,24)22-15-17-9-5-6-12-25-17;/h2-4,7-8,17,22H,5-6,9-15H2,1H3,(H2,19,20,21);1H. The van der Waals surface area contributed by atoms with Crippen molar-refractivity contribution in [3.63, 3.8) is 0 Å².